The molecule has 272 valence electrons. The normalized spacial score (nSPS) is 14.9. The van der Waals surface area contributed by atoms with Crippen molar-refractivity contribution in [3.05, 3.63) is 137 Å². The summed E-state index contributed by atoms with van der Waals surface area (Å²) >= 11 is 6.28. The molecule has 0 bridgehead atoms. The number of aromatic nitrogens is 4. The smallest absolute Gasteiger partial charge is 0.134 e. The van der Waals surface area contributed by atoms with Crippen molar-refractivity contribution in [3.63, 3.8) is 0 Å². The van der Waals surface area contributed by atoms with Gasteiger partial charge in [0.05, 0.1) is 68.5 Å². The standard InChI is InChI=1S/C29H29FN4O.C15H10ClFN2/c1-19-27(24-8-4-5-12-31-24)32-23-9-6-7-22(30)26(23)28(19)34-18-29(2,3)21-11-10-20(17-25(21)34)33-13-15-35-16-14-33;1-9-14(16)13-10(17)5-4-7-11(13)19-15(9)12-6-2-3-8-18-12/h4-12,17H,13-16,18H2,1-3H3;2-8H,1H3. The number of rotatable bonds is 4. The monoisotopic (exact) mass is 740 g/mol. The molecule has 0 N–H and O–H groups in total. The Balaban J connectivity index is 0.000000183. The molecule has 2 aliphatic rings. The second kappa shape index (κ2) is 14.4. The fraction of sp³-hybridized carbons (Fsp3) is 0.227. The van der Waals surface area contributed by atoms with Crippen LogP contribution in [0.5, 0.6) is 0 Å². The Bertz CT molecular complexity index is 2510. The first kappa shape index (κ1) is 35.5. The van der Waals surface area contributed by atoms with Crippen LogP contribution in [-0.2, 0) is 10.2 Å². The van der Waals surface area contributed by atoms with Crippen LogP contribution in [0.25, 0.3) is 44.6 Å². The van der Waals surface area contributed by atoms with Gasteiger partial charge in [-0.3, -0.25) is 9.97 Å². The number of hydrogen-bond acceptors (Lipinski definition) is 7. The summed E-state index contributed by atoms with van der Waals surface area (Å²) < 4.78 is 34.8. The van der Waals surface area contributed by atoms with Gasteiger partial charge in [0.1, 0.15) is 11.6 Å². The highest BCUT2D eigenvalue weighted by atomic mass is 35.5. The summed E-state index contributed by atoms with van der Waals surface area (Å²) in [6.45, 7) is 12.4. The van der Waals surface area contributed by atoms with E-state index in [2.05, 4.69) is 56.8 Å². The van der Waals surface area contributed by atoms with Crippen LogP contribution in [0.1, 0.15) is 30.5 Å². The predicted molar refractivity (Wildman–Crippen MR) is 214 cm³/mol. The number of ether oxygens (including phenoxy) is 1. The summed E-state index contributed by atoms with van der Waals surface area (Å²) in [6.07, 6.45) is 3.47. The number of hydrogen-bond donors (Lipinski definition) is 0. The van der Waals surface area contributed by atoms with Crippen LogP contribution in [-0.4, -0.2) is 52.8 Å². The number of anilines is 3. The zero-order valence-electron chi connectivity index (χ0n) is 30.6. The number of halogens is 3. The molecule has 0 spiro atoms. The molecule has 3 aromatic carbocycles. The lowest BCUT2D eigenvalue weighted by Gasteiger charge is -2.30. The van der Waals surface area contributed by atoms with E-state index >= 15 is 4.39 Å². The maximum atomic E-state index is 15.4. The Morgan fingerprint density at radius 1 is 0.704 bits per heavy atom. The van der Waals surface area contributed by atoms with E-state index < -0.39 is 0 Å². The molecule has 1 fully saturated rings. The van der Waals surface area contributed by atoms with Gasteiger partial charge >= 0.3 is 0 Å². The van der Waals surface area contributed by atoms with Gasteiger partial charge in [0.15, 0.2) is 0 Å². The van der Waals surface area contributed by atoms with Gasteiger partial charge in [-0.2, -0.15) is 0 Å². The Labute approximate surface area is 318 Å². The van der Waals surface area contributed by atoms with Gasteiger partial charge in [-0.1, -0.05) is 55.8 Å². The first-order chi connectivity index (χ1) is 26.1. The molecule has 10 heteroatoms. The Morgan fingerprint density at radius 3 is 1.91 bits per heavy atom. The lowest BCUT2D eigenvalue weighted by atomic mass is 9.87. The molecular formula is C44H39ClF2N6O. The molecule has 7 nitrogen and oxygen atoms in total. The average Bonchev–Trinajstić information content (AvgIpc) is 3.46. The number of pyridine rings is 4. The summed E-state index contributed by atoms with van der Waals surface area (Å²) in [5.41, 5.74) is 10.2. The fourth-order valence-corrected chi connectivity index (χ4v) is 7.88. The summed E-state index contributed by atoms with van der Waals surface area (Å²) in [7, 11) is 0. The number of nitrogens with zero attached hydrogens (tertiary/aromatic N) is 6. The van der Waals surface area contributed by atoms with Crippen molar-refractivity contribution < 1.29 is 13.5 Å². The zero-order chi connectivity index (χ0) is 37.6. The summed E-state index contributed by atoms with van der Waals surface area (Å²) in [5.74, 6) is -0.609. The highest BCUT2D eigenvalue weighted by Gasteiger charge is 2.38. The molecule has 0 radical (unpaired) electrons. The molecular weight excluding hydrogens is 702 g/mol. The topological polar surface area (TPSA) is 67.3 Å². The molecule has 0 amide bonds. The van der Waals surface area contributed by atoms with E-state index in [1.165, 1.54) is 23.4 Å². The van der Waals surface area contributed by atoms with Crippen molar-refractivity contribution in [1.82, 2.24) is 19.9 Å². The van der Waals surface area contributed by atoms with Crippen LogP contribution in [0.2, 0.25) is 5.02 Å². The molecule has 7 aromatic rings. The molecule has 2 aliphatic heterocycles. The third-order valence-corrected chi connectivity index (χ3v) is 10.8. The fourth-order valence-electron chi connectivity index (χ4n) is 7.60. The van der Waals surface area contributed by atoms with Gasteiger partial charge in [-0.15, -0.1) is 0 Å². The quantitative estimate of drug-likeness (QED) is 0.178. The van der Waals surface area contributed by atoms with Crippen LogP contribution in [0.4, 0.5) is 25.8 Å². The van der Waals surface area contributed by atoms with Crippen LogP contribution >= 0.6 is 11.6 Å². The van der Waals surface area contributed by atoms with E-state index in [-0.39, 0.29) is 17.0 Å². The van der Waals surface area contributed by atoms with Gasteiger partial charge in [0.25, 0.3) is 0 Å². The van der Waals surface area contributed by atoms with Crippen molar-refractivity contribution in [3.8, 4) is 22.8 Å². The van der Waals surface area contributed by atoms with Crippen molar-refractivity contribution in [2.24, 2.45) is 0 Å². The minimum absolute atomic E-state index is 0.0860. The lowest BCUT2D eigenvalue weighted by molar-refractivity contribution is 0.122. The minimum Gasteiger partial charge on any atom is -0.378 e. The van der Waals surface area contributed by atoms with Crippen molar-refractivity contribution in [2.45, 2.75) is 33.1 Å². The van der Waals surface area contributed by atoms with Crippen molar-refractivity contribution >= 4 is 50.5 Å². The Hall–Kier alpha value is -5.51. The highest BCUT2D eigenvalue weighted by molar-refractivity contribution is 6.36. The maximum Gasteiger partial charge on any atom is 0.134 e. The highest BCUT2D eigenvalue weighted by Crippen LogP contribution is 2.49. The van der Waals surface area contributed by atoms with E-state index in [1.54, 1.807) is 30.6 Å². The summed E-state index contributed by atoms with van der Waals surface area (Å²) in [6, 6.07) is 28.0. The van der Waals surface area contributed by atoms with Crippen molar-refractivity contribution in [2.75, 3.05) is 42.6 Å². The van der Waals surface area contributed by atoms with Gasteiger partial charge in [0.2, 0.25) is 0 Å². The van der Waals surface area contributed by atoms with E-state index in [0.29, 0.717) is 32.5 Å². The largest absolute Gasteiger partial charge is 0.378 e. The summed E-state index contributed by atoms with van der Waals surface area (Å²) in [5, 5.41) is 1.32. The molecule has 0 aliphatic carbocycles. The molecule has 0 saturated carbocycles. The molecule has 9 rings (SSSR count). The number of morpholine rings is 1. The lowest BCUT2D eigenvalue weighted by Crippen LogP contribution is -2.36. The third-order valence-electron chi connectivity index (χ3n) is 10.3. The van der Waals surface area contributed by atoms with E-state index in [1.807, 2.05) is 56.3 Å². The predicted octanol–water partition coefficient (Wildman–Crippen LogP) is 10.4. The average molecular weight is 741 g/mol. The summed E-state index contributed by atoms with van der Waals surface area (Å²) in [4.78, 5) is 22.8. The SMILES string of the molecule is Cc1c(-c2ccccn2)nc2cccc(F)c2c1Cl.Cc1c(-c2ccccn2)nc2cccc(F)c2c1N1CC(C)(C)c2ccc(N3CCOCC3)cc21. The molecule has 54 heavy (non-hydrogen) atoms. The van der Waals surface area contributed by atoms with E-state index in [0.717, 1.165) is 72.4 Å². The van der Waals surface area contributed by atoms with Crippen LogP contribution < -0.4 is 9.80 Å². The van der Waals surface area contributed by atoms with Gasteiger partial charge in [-0.25, -0.2) is 18.7 Å². The van der Waals surface area contributed by atoms with Gasteiger partial charge in [0, 0.05) is 54.4 Å². The van der Waals surface area contributed by atoms with Gasteiger partial charge in [-0.05, 0) is 85.6 Å². The van der Waals surface area contributed by atoms with Crippen LogP contribution in [0.15, 0.2) is 103 Å². The molecule has 0 atom stereocenters. The van der Waals surface area contributed by atoms with E-state index in [4.69, 9.17) is 21.3 Å². The minimum atomic E-state index is -0.356. The van der Waals surface area contributed by atoms with Gasteiger partial charge < -0.3 is 14.5 Å². The molecule has 6 heterocycles. The zero-order valence-corrected chi connectivity index (χ0v) is 31.3. The first-order valence-electron chi connectivity index (χ1n) is 18.0. The second-order valence-corrected chi connectivity index (χ2v) is 14.7. The maximum absolute atomic E-state index is 15.4. The second-order valence-electron chi connectivity index (χ2n) is 14.3. The number of fused-ring (bicyclic) bond motifs is 3. The Kier molecular flexibility index (Phi) is 9.46. The molecule has 1 saturated heterocycles. The third kappa shape index (κ3) is 6.41. The van der Waals surface area contributed by atoms with Crippen LogP contribution in [0, 0.1) is 25.5 Å². The molecule has 4 aromatic heterocycles. The first-order valence-corrected chi connectivity index (χ1v) is 18.4. The number of benzene rings is 3. The van der Waals surface area contributed by atoms with Crippen LogP contribution in [0.3, 0.4) is 0 Å². The van der Waals surface area contributed by atoms with Crippen molar-refractivity contribution in [1.29, 1.82) is 0 Å². The Morgan fingerprint density at radius 2 is 1.30 bits per heavy atom. The van der Waals surface area contributed by atoms with E-state index in [9.17, 15) is 4.39 Å². The molecule has 0 unspecified atom stereocenters.